The van der Waals surface area contributed by atoms with Crippen LogP contribution in [0.15, 0.2) is 23.1 Å². The van der Waals surface area contributed by atoms with Gasteiger partial charge >= 0.3 is 0 Å². The van der Waals surface area contributed by atoms with Crippen molar-refractivity contribution in [3.05, 3.63) is 23.8 Å². The van der Waals surface area contributed by atoms with E-state index in [0.29, 0.717) is 24.6 Å². The zero-order valence-electron chi connectivity index (χ0n) is 9.99. The maximum absolute atomic E-state index is 12.1. The number of rotatable bonds is 1. The molecule has 0 saturated carbocycles. The van der Waals surface area contributed by atoms with Gasteiger partial charge in [-0.05, 0) is 29.4 Å². The molecule has 2 N–H and O–H groups in total. The van der Waals surface area contributed by atoms with E-state index in [4.69, 9.17) is 4.74 Å². The quantitative estimate of drug-likeness (QED) is 0.706. The second-order valence-electron chi connectivity index (χ2n) is 4.43. The normalized spacial score (nSPS) is 30.1. The van der Waals surface area contributed by atoms with E-state index in [-0.39, 0.29) is 5.91 Å². The van der Waals surface area contributed by atoms with Crippen molar-refractivity contribution < 1.29 is 14.1 Å². The molecule has 1 saturated heterocycles. The Kier molecular flexibility index (Phi) is 2.73. The number of methoxy groups -OCH3 is 1. The summed E-state index contributed by atoms with van der Waals surface area (Å²) in [4.78, 5) is 12.8. The molecular weight excluding hydrogens is 252 g/mol. The monoisotopic (exact) mass is 266 g/mol. The minimum Gasteiger partial charge on any atom is -0.611 e. The van der Waals surface area contributed by atoms with Gasteiger partial charge in [0.1, 0.15) is 17.0 Å². The van der Waals surface area contributed by atoms with Gasteiger partial charge in [0, 0.05) is 12.0 Å². The molecule has 0 radical (unpaired) electrons. The summed E-state index contributed by atoms with van der Waals surface area (Å²) in [7, 11) is 1.58. The van der Waals surface area contributed by atoms with Gasteiger partial charge < -0.3 is 14.6 Å². The van der Waals surface area contributed by atoms with Crippen molar-refractivity contribution in [1.82, 2.24) is 10.6 Å². The maximum atomic E-state index is 12.1. The summed E-state index contributed by atoms with van der Waals surface area (Å²) in [5.41, 5.74) is 0.0408. The molecule has 2 atom stereocenters. The average Bonchev–Trinajstić information content (AvgIpc) is 2.76. The van der Waals surface area contributed by atoms with Crippen molar-refractivity contribution in [2.45, 2.75) is 16.9 Å². The van der Waals surface area contributed by atoms with E-state index in [0.717, 1.165) is 10.5 Å². The van der Waals surface area contributed by atoms with Crippen molar-refractivity contribution in [2.24, 2.45) is 0 Å². The number of hydrogen-bond acceptors (Lipinski definition) is 4. The van der Waals surface area contributed by atoms with Crippen LogP contribution in [-0.2, 0) is 21.5 Å². The fraction of sp³-hybridized carbons (Fsp3) is 0.417. The summed E-state index contributed by atoms with van der Waals surface area (Å²) in [6.45, 7) is 0.447. The first-order chi connectivity index (χ1) is 8.67. The smallest absolute Gasteiger partial charge is 0.246 e. The first kappa shape index (κ1) is 11.8. The van der Waals surface area contributed by atoms with Crippen molar-refractivity contribution >= 4 is 17.1 Å². The zero-order chi connectivity index (χ0) is 12.8. The lowest BCUT2D eigenvalue weighted by Crippen LogP contribution is -2.48. The van der Waals surface area contributed by atoms with Crippen LogP contribution in [0.4, 0.5) is 0 Å². The largest absolute Gasteiger partial charge is 0.611 e. The van der Waals surface area contributed by atoms with E-state index in [1.54, 1.807) is 19.2 Å². The van der Waals surface area contributed by atoms with Gasteiger partial charge in [0.25, 0.3) is 0 Å². The van der Waals surface area contributed by atoms with Gasteiger partial charge in [-0.3, -0.25) is 10.1 Å². The third-order valence-corrected chi connectivity index (χ3v) is 5.00. The number of carbonyl (C=O) groups excluding carboxylic acids is 1. The van der Waals surface area contributed by atoms with Crippen LogP contribution in [-0.4, -0.2) is 30.0 Å². The molecule has 18 heavy (non-hydrogen) atoms. The van der Waals surface area contributed by atoms with Crippen LogP contribution in [0.3, 0.4) is 0 Å². The molecule has 0 aliphatic carbocycles. The predicted molar refractivity (Wildman–Crippen MR) is 66.7 cm³/mol. The lowest BCUT2D eigenvalue weighted by Gasteiger charge is -2.33. The molecule has 3 rings (SSSR count). The fourth-order valence-electron chi connectivity index (χ4n) is 2.58. The number of fused-ring (bicyclic) bond motifs is 2. The molecule has 96 valence electrons. The Morgan fingerprint density at radius 2 is 2.33 bits per heavy atom. The van der Waals surface area contributed by atoms with Crippen molar-refractivity contribution in [3.8, 4) is 5.75 Å². The SMILES string of the molecule is COc1ccc2c(c1)C1(CC[S+]2[O-])NCNC1=O. The summed E-state index contributed by atoms with van der Waals surface area (Å²) in [6, 6.07) is 5.38. The highest BCUT2D eigenvalue weighted by molar-refractivity contribution is 7.91. The number of nitrogens with one attached hydrogen (secondary N) is 2. The topological polar surface area (TPSA) is 73.4 Å². The van der Waals surface area contributed by atoms with Crippen LogP contribution < -0.4 is 15.4 Å². The Bertz CT molecular complexity index is 508. The van der Waals surface area contributed by atoms with E-state index in [1.807, 2.05) is 6.07 Å². The molecule has 1 aromatic carbocycles. The minimum atomic E-state index is -1.04. The second kappa shape index (κ2) is 4.15. The Morgan fingerprint density at radius 1 is 1.50 bits per heavy atom. The minimum absolute atomic E-state index is 0.0475. The Labute approximate surface area is 108 Å². The van der Waals surface area contributed by atoms with Crippen molar-refractivity contribution in [1.29, 1.82) is 0 Å². The highest BCUT2D eigenvalue weighted by atomic mass is 32.2. The van der Waals surface area contributed by atoms with Crippen LogP contribution in [0.2, 0.25) is 0 Å². The summed E-state index contributed by atoms with van der Waals surface area (Å²) < 4.78 is 17.2. The molecule has 2 aliphatic rings. The molecule has 1 amide bonds. The van der Waals surface area contributed by atoms with E-state index in [1.165, 1.54) is 0 Å². The molecule has 6 heteroatoms. The molecule has 2 aliphatic heterocycles. The number of ether oxygens (including phenoxy) is 1. The van der Waals surface area contributed by atoms with Gasteiger partial charge in [-0.2, -0.15) is 0 Å². The van der Waals surface area contributed by atoms with Gasteiger partial charge in [-0.15, -0.1) is 0 Å². The molecule has 1 fully saturated rings. The van der Waals surface area contributed by atoms with Crippen molar-refractivity contribution in [2.75, 3.05) is 19.5 Å². The zero-order valence-corrected chi connectivity index (χ0v) is 10.8. The van der Waals surface area contributed by atoms with Gasteiger partial charge in [0.05, 0.1) is 13.8 Å². The molecule has 5 nitrogen and oxygen atoms in total. The third kappa shape index (κ3) is 1.53. The van der Waals surface area contributed by atoms with Crippen LogP contribution in [0.5, 0.6) is 5.75 Å². The predicted octanol–water partition coefficient (Wildman–Crippen LogP) is 0.0787. The van der Waals surface area contributed by atoms with Crippen LogP contribution in [0.1, 0.15) is 12.0 Å². The highest BCUT2D eigenvalue weighted by Gasteiger charge is 2.50. The highest BCUT2D eigenvalue weighted by Crippen LogP contribution is 2.40. The Balaban J connectivity index is 2.17. The first-order valence-corrected chi connectivity index (χ1v) is 7.09. The molecule has 1 aromatic rings. The van der Waals surface area contributed by atoms with Gasteiger partial charge in [0.15, 0.2) is 4.90 Å². The molecule has 2 unspecified atom stereocenters. The molecule has 2 heterocycles. The number of amides is 1. The number of hydrogen-bond donors (Lipinski definition) is 2. The molecule has 0 aromatic heterocycles. The molecular formula is C12H14N2O3S. The van der Waals surface area contributed by atoms with Crippen LogP contribution in [0, 0.1) is 0 Å². The fourth-order valence-corrected chi connectivity index (χ4v) is 3.99. The Morgan fingerprint density at radius 3 is 3.00 bits per heavy atom. The van der Waals surface area contributed by atoms with Crippen LogP contribution >= 0.6 is 0 Å². The summed E-state index contributed by atoms with van der Waals surface area (Å²) in [5.74, 6) is 1.13. The lowest BCUT2D eigenvalue weighted by molar-refractivity contribution is -0.124. The van der Waals surface area contributed by atoms with Gasteiger partial charge in [-0.1, -0.05) is 0 Å². The van der Waals surface area contributed by atoms with E-state index < -0.39 is 16.7 Å². The van der Waals surface area contributed by atoms with E-state index >= 15 is 0 Å². The first-order valence-electron chi connectivity index (χ1n) is 5.77. The van der Waals surface area contributed by atoms with E-state index in [2.05, 4.69) is 10.6 Å². The van der Waals surface area contributed by atoms with Crippen LogP contribution in [0.25, 0.3) is 0 Å². The maximum Gasteiger partial charge on any atom is 0.246 e. The third-order valence-electron chi connectivity index (χ3n) is 3.58. The summed E-state index contributed by atoms with van der Waals surface area (Å²) in [5, 5.41) is 5.98. The molecule has 0 bridgehead atoms. The Hall–Kier alpha value is -1.24. The van der Waals surface area contributed by atoms with E-state index in [9.17, 15) is 9.35 Å². The molecule has 1 spiro atoms. The van der Waals surface area contributed by atoms with Gasteiger partial charge in [0.2, 0.25) is 5.91 Å². The lowest BCUT2D eigenvalue weighted by atomic mass is 9.86. The average molecular weight is 266 g/mol. The van der Waals surface area contributed by atoms with Gasteiger partial charge in [-0.25, -0.2) is 0 Å². The summed E-state index contributed by atoms with van der Waals surface area (Å²) in [6.07, 6.45) is 0.547. The van der Waals surface area contributed by atoms with Crippen molar-refractivity contribution in [3.63, 3.8) is 0 Å². The summed E-state index contributed by atoms with van der Waals surface area (Å²) >= 11 is -1.04. The standard InChI is InChI=1S/C12H14N2O3S/c1-17-8-2-3-10-9(6-8)12(4-5-18(10)16)11(15)13-7-14-12/h2-3,6,14H,4-5,7H2,1H3,(H,13,15). The second-order valence-corrected chi connectivity index (χ2v) is 5.97. The number of benzene rings is 1. The number of carbonyl (C=O) groups is 1.